The van der Waals surface area contributed by atoms with E-state index in [0.29, 0.717) is 16.5 Å². The second kappa shape index (κ2) is 9.37. The van der Waals surface area contributed by atoms with Crippen molar-refractivity contribution < 1.29 is 14.4 Å². The quantitative estimate of drug-likeness (QED) is 0.785. The number of carbonyl (C=O) groups excluding carboxylic acids is 1. The summed E-state index contributed by atoms with van der Waals surface area (Å²) in [5.74, 6) is 0.615. The zero-order chi connectivity index (χ0) is 17.5. The van der Waals surface area contributed by atoms with Crippen molar-refractivity contribution in [2.24, 2.45) is 5.92 Å². The maximum Gasteiger partial charge on any atom is 0.255 e. The summed E-state index contributed by atoms with van der Waals surface area (Å²) in [7, 11) is 0. The Morgan fingerprint density at radius 2 is 2.04 bits per heavy atom. The van der Waals surface area contributed by atoms with Crippen molar-refractivity contribution in [2.75, 3.05) is 45.9 Å². The van der Waals surface area contributed by atoms with Gasteiger partial charge < -0.3 is 14.5 Å². The maximum atomic E-state index is 13.1. The normalized spacial score (nSPS) is 21.2. The van der Waals surface area contributed by atoms with Crippen LogP contribution in [0.25, 0.3) is 0 Å². The molecule has 1 heterocycles. The first-order valence-corrected chi connectivity index (χ1v) is 9.72. The molecule has 1 aliphatic carbocycles. The van der Waals surface area contributed by atoms with Gasteiger partial charge in [-0.05, 0) is 37.3 Å². The molecular weight excluding hydrogens is 336 g/mol. The van der Waals surface area contributed by atoms with Crippen LogP contribution in [0.4, 0.5) is 0 Å². The smallest absolute Gasteiger partial charge is 0.255 e. The molecule has 1 fully saturated rings. The van der Waals surface area contributed by atoms with E-state index in [1.54, 1.807) is 6.07 Å². The molecule has 0 bridgehead atoms. The van der Waals surface area contributed by atoms with E-state index in [4.69, 9.17) is 16.3 Å². The molecule has 1 aliphatic heterocycles. The van der Waals surface area contributed by atoms with E-state index < -0.39 is 0 Å². The molecule has 136 valence electrons. The number of rotatable bonds is 6. The average molecular weight is 364 g/mol. The Labute approximate surface area is 155 Å². The van der Waals surface area contributed by atoms with Gasteiger partial charge in [0.05, 0.1) is 36.9 Å². The van der Waals surface area contributed by atoms with Crippen molar-refractivity contribution in [1.29, 1.82) is 0 Å². The molecular formula is C20H28ClN2O2+. The van der Waals surface area contributed by atoms with E-state index >= 15 is 0 Å². The number of nitrogens with one attached hydrogen (secondary N) is 1. The van der Waals surface area contributed by atoms with Crippen molar-refractivity contribution in [3.63, 3.8) is 0 Å². The van der Waals surface area contributed by atoms with Crippen LogP contribution in [0.15, 0.2) is 36.4 Å². The molecule has 1 saturated heterocycles. The van der Waals surface area contributed by atoms with Crippen LogP contribution in [-0.4, -0.2) is 56.7 Å². The van der Waals surface area contributed by atoms with Gasteiger partial charge in [-0.2, -0.15) is 0 Å². The third-order valence-corrected chi connectivity index (χ3v) is 5.51. The Hall–Kier alpha value is -1.36. The van der Waals surface area contributed by atoms with Crippen LogP contribution in [0.1, 0.15) is 29.6 Å². The molecule has 0 radical (unpaired) electrons. The minimum atomic E-state index is 0.0628. The highest BCUT2D eigenvalue weighted by atomic mass is 35.5. The van der Waals surface area contributed by atoms with Gasteiger partial charge in [0.15, 0.2) is 0 Å². The Bertz CT molecular complexity index is 599. The van der Waals surface area contributed by atoms with Gasteiger partial charge in [0.25, 0.3) is 5.91 Å². The first-order valence-electron chi connectivity index (χ1n) is 9.34. The fraction of sp³-hybridized carbons (Fsp3) is 0.550. The minimum absolute atomic E-state index is 0.0628. The zero-order valence-corrected chi connectivity index (χ0v) is 15.5. The molecule has 1 amide bonds. The van der Waals surface area contributed by atoms with Crippen molar-refractivity contribution in [1.82, 2.24) is 4.90 Å². The summed E-state index contributed by atoms with van der Waals surface area (Å²) in [5, 5.41) is 0.541. The lowest BCUT2D eigenvalue weighted by atomic mass is 9.93. The highest BCUT2D eigenvalue weighted by Gasteiger charge is 2.24. The number of carbonyl (C=O) groups is 1. The van der Waals surface area contributed by atoms with E-state index in [1.807, 2.05) is 23.1 Å². The fourth-order valence-electron chi connectivity index (χ4n) is 3.62. The highest BCUT2D eigenvalue weighted by Crippen LogP contribution is 2.22. The third-order valence-electron chi connectivity index (χ3n) is 5.18. The van der Waals surface area contributed by atoms with Crippen LogP contribution in [0, 0.1) is 5.92 Å². The molecule has 0 unspecified atom stereocenters. The molecule has 2 aliphatic rings. The first-order chi connectivity index (χ1) is 12.2. The lowest BCUT2D eigenvalue weighted by Gasteiger charge is -2.31. The summed E-state index contributed by atoms with van der Waals surface area (Å²) in [6.07, 6.45) is 7.84. The van der Waals surface area contributed by atoms with Gasteiger partial charge in [0.1, 0.15) is 13.1 Å². The number of morpholine rings is 1. The number of benzene rings is 1. The number of allylic oxidation sites excluding steroid dienone is 2. The van der Waals surface area contributed by atoms with E-state index in [1.165, 1.54) is 4.90 Å². The number of halogens is 1. The van der Waals surface area contributed by atoms with E-state index in [2.05, 4.69) is 12.2 Å². The topological polar surface area (TPSA) is 34.0 Å². The van der Waals surface area contributed by atoms with E-state index in [9.17, 15) is 4.79 Å². The van der Waals surface area contributed by atoms with Crippen LogP contribution in [0.3, 0.4) is 0 Å². The lowest BCUT2D eigenvalue weighted by Crippen LogP contribution is -3.14. The summed E-state index contributed by atoms with van der Waals surface area (Å²) < 4.78 is 5.43. The molecule has 4 nitrogen and oxygen atoms in total. The molecule has 1 aromatic rings. The average Bonchev–Trinajstić information content (AvgIpc) is 2.66. The van der Waals surface area contributed by atoms with Gasteiger partial charge in [0.2, 0.25) is 0 Å². The van der Waals surface area contributed by atoms with Gasteiger partial charge in [-0.15, -0.1) is 0 Å². The number of ether oxygens (including phenoxy) is 1. The summed E-state index contributed by atoms with van der Waals surface area (Å²) >= 11 is 6.27. The predicted molar refractivity (Wildman–Crippen MR) is 100 cm³/mol. The largest absolute Gasteiger partial charge is 0.370 e. The Morgan fingerprint density at radius 3 is 2.76 bits per heavy atom. The van der Waals surface area contributed by atoms with Crippen molar-refractivity contribution in [3.8, 4) is 0 Å². The number of hydrogen-bond donors (Lipinski definition) is 1. The van der Waals surface area contributed by atoms with Crippen molar-refractivity contribution in [2.45, 2.75) is 19.3 Å². The molecule has 1 aromatic carbocycles. The SMILES string of the molecule is O=C(c1ccccc1Cl)N(CC[NH+]1CCOCC1)C[C@@H]1CC=CCC1. The lowest BCUT2D eigenvalue weighted by molar-refractivity contribution is -0.907. The van der Waals surface area contributed by atoms with Crippen LogP contribution < -0.4 is 4.90 Å². The highest BCUT2D eigenvalue weighted by molar-refractivity contribution is 6.33. The van der Waals surface area contributed by atoms with Crippen molar-refractivity contribution in [3.05, 3.63) is 47.0 Å². The minimum Gasteiger partial charge on any atom is -0.370 e. The number of amides is 1. The maximum absolute atomic E-state index is 13.1. The Balaban J connectivity index is 1.67. The van der Waals surface area contributed by atoms with Gasteiger partial charge in [-0.1, -0.05) is 35.9 Å². The van der Waals surface area contributed by atoms with Gasteiger partial charge in [0, 0.05) is 6.54 Å². The van der Waals surface area contributed by atoms with Crippen LogP contribution in [0.2, 0.25) is 5.02 Å². The zero-order valence-electron chi connectivity index (χ0n) is 14.8. The Kier molecular flexibility index (Phi) is 6.91. The second-order valence-corrected chi connectivity index (χ2v) is 7.40. The summed E-state index contributed by atoms with van der Waals surface area (Å²) in [6.45, 7) is 6.27. The summed E-state index contributed by atoms with van der Waals surface area (Å²) in [4.78, 5) is 16.6. The second-order valence-electron chi connectivity index (χ2n) is 6.99. The van der Waals surface area contributed by atoms with Crippen LogP contribution in [-0.2, 0) is 4.74 Å². The fourth-order valence-corrected chi connectivity index (χ4v) is 3.83. The van der Waals surface area contributed by atoms with Crippen molar-refractivity contribution >= 4 is 17.5 Å². The molecule has 5 heteroatoms. The summed E-state index contributed by atoms with van der Waals surface area (Å²) in [5.41, 5.74) is 0.618. The standard InChI is InChI=1S/C20H27ClN2O2/c21-19-9-5-4-8-18(19)20(24)23(16-17-6-2-1-3-7-17)11-10-22-12-14-25-15-13-22/h1-2,4-5,8-9,17H,3,6-7,10-16H2/p+1/t17-/m1/s1. The molecule has 3 rings (SSSR count). The van der Waals surface area contributed by atoms with Gasteiger partial charge in [-0.3, -0.25) is 4.79 Å². The van der Waals surface area contributed by atoms with E-state index in [-0.39, 0.29) is 5.91 Å². The third kappa shape index (κ3) is 5.30. The molecule has 0 spiro atoms. The molecule has 25 heavy (non-hydrogen) atoms. The van der Waals surface area contributed by atoms with Crippen LogP contribution >= 0.6 is 11.6 Å². The number of hydrogen-bond acceptors (Lipinski definition) is 2. The monoisotopic (exact) mass is 363 g/mol. The van der Waals surface area contributed by atoms with E-state index in [0.717, 1.165) is 65.2 Å². The Morgan fingerprint density at radius 1 is 1.24 bits per heavy atom. The van der Waals surface area contributed by atoms with Gasteiger partial charge in [-0.25, -0.2) is 0 Å². The molecule has 0 saturated carbocycles. The molecule has 1 atom stereocenters. The molecule has 1 N–H and O–H groups in total. The van der Waals surface area contributed by atoms with Gasteiger partial charge >= 0.3 is 0 Å². The number of quaternary nitrogens is 1. The summed E-state index contributed by atoms with van der Waals surface area (Å²) in [6, 6.07) is 7.38. The molecule has 0 aromatic heterocycles. The van der Waals surface area contributed by atoms with Crippen LogP contribution in [0.5, 0.6) is 0 Å². The first kappa shape index (κ1) is 18.4. The number of nitrogens with zero attached hydrogens (tertiary/aromatic N) is 1. The predicted octanol–water partition coefficient (Wildman–Crippen LogP) is 2.05.